The summed E-state index contributed by atoms with van der Waals surface area (Å²) in [5, 5.41) is 18.8. The molecule has 2 N–H and O–H groups in total. The van der Waals surface area contributed by atoms with Crippen LogP contribution in [0.4, 0.5) is 0 Å². The predicted molar refractivity (Wildman–Crippen MR) is 64.3 cm³/mol. The fraction of sp³-hybridized carbons (Fsp3) is 1.00. The zero-order valence-corrected chi connectivity index (χ0v) is 11.2. The summed E-state index contributed by atoms with van der Waals surface area (Å²) in [6.45, 7) is -0.366. The van der Waals surface area contributed by atoms with Crippen molar-refractivity contribution >= 4 is 0 Å². The maximum atomic E-state index is 9.75. The molecule has 0 aromatic rings. The molecule has 3 fully saturated rings. The van der Waals surface area contributed by atoms with Crippen LogP contribution in [-0.2, 0) is 18.9 Å². The van der Waals surface area contributed by atoms with Crippen molar-refractivity contribution < 1.29 is 29.2 Å². The fourth-order valence-corrected chi connectivity index (χ4v) is 3.36. The lowest BCUT2D eigenvalue weighted by atomic mass is 9.94. The molecule has 2 heterocycles. The standard InChI is InChI=1S/C13H22O6/c1-16-10-9(8(15)7-14)17-12-11(10)18-13(19-12)5-3-2-4-6-13/h8-12,14-15H,2-7H2,1H3/t8-,9-,10+,11-,12-/m0/s1. The van der Waals surface area contributed by atoms with E-state index in [0.717, 1.165) is 25.7 Å². The Bertz CT molecular complexity index is 316. The van der Waals surface area contributed by atoms with Crippen LogP contribution in [0.5, 0.6) is 0 Å². The lowest BCUT2D eigenvalue weighted by Gasteiger charge is -2.34. The van der Waals surface area contributed by atoms with Gasteiger partial charge in [-0.15, -0.1) is 0 Å². The van der Waals surface area contributed by atoms with Gasteiger partial charge in [-0.1, -0.05) is 6.42 Å². The first-order valence-electron chi connectivity index (χ1n) is 7.02. The summed E-state index contributed by atoms with van der Waals surface area (Å²) in [6.07, 6.45) is 2.34. The van der Waals surface area contributed by atoms with E-state index in [-0.39, 0.29) is 12.7 Å². The number of hydrogen-bond acceptors (Lipinski definition) is 6. The van der Waals surface area contributed by atoms with Crippen LogP contribution >= 0.6 is 0 Å². The van der Waals surface area contributed by atoms with Gasteiger partial charge in [-0.3, -0.25) is 0 Å². The molecule has 0 bridgehead atoms. The Morgan fingerprint density at radius 3 is 2.63 bits per heavy atom. The van der Waals surface area contributed by atoms with Crippen molar-refractivity contribution in [3.05, 3.63) is 0 Å². The minimum Gasteiger partial charge on any atom is -0.394 e. The molecule has 3 aliphatic rings. The largest absolute Gasteiger partial charge is 0.394 e. The van der Waals surface area contributed by atoms with E-state index in [1.54, 1.807) is 7.11 Å². The molecular weight excluding hydrogens is 252 g/mol. The summed E-state index contributed by atoms with van der Waals surface area (Å²) in [4.78, 5) is 0. The van der Waals surface area contributed by atoms with E-state index >= 15 is 0 Å². The topological polar surface area (TPSA) is 77.4 Å². The Kier molecular flexibility index (Phi) is 3.81. The smallest absolute Gasteiger partial charge is 0.190 e. The lowest BCUT2D eigenvalue weighted by Crippen LogP contribution is -2.44. The van der Waals surface area contributed by atoms with Crippen LogP contribution in [-0.4, -0.2) is 60.4 Å². The van der Waals surface area contributed by atoms with Crippen LogP contribution in [0.25, 0.3) is 0 Å². The number of fused-ring (bicyclic) bond motifs is 1. The number of aliphatic hydroxyl groups excluding tert-OH is 2. The third-order valence-electron chi connectivity index (χ3n) is 4.34. The van der Waals surface area contributed by atoms with Gasteiger partial charge in [0.05, 0.1) is 6.61 Å². The van der Waals surface area contributed by atoms with Gasteiger partial charge in [0.25, 0.3) is 0 Å². The Labute approximate surface area is 112 Å². The highest BCUT2D eigenvalue weighted by Gasteiger charge is 2.59. The first kappa shape index (κ1) is 13.7. The van der Waals surface area contributed by atoms with E-state index in [1.165, 1.54) is 6.42 Å². The summed E-state index contributed by atoms with van der Waals surface area (Å²) < 4.78 is 23.1. The van der Waals surface area contributed by atoms with Crippen molar-refractivity contribution in [3.8, 4) is 0 Å². The molecular formula is C13H22O6. The molecule has 19 heavy (non-hydrogen) atoms. The summed E-state index contributed by atoms with van der Waals surface area (Å²) in [5.41, 5.74) is 0. The van der Waals surface area contributed by atoms with Crippen LogP contribution in [0, 0.1) is 0 Å². The quantitative estimate of drug-likeness (QED) is 0.763. The SMILES string of the molecule is CO[C@H]1[C@@H]2OC3(CCCCC3)O[C@@H]2O[C@H]1[C@@H](O)CO. The molecule has 0 aromatic carbocycles. The first-order valence-corrected chi connectivity index (χ1v) is 7.02. The highest BCUT2D eigenvalue weighted by Crippen LogP contribution is 2.45. The Morgan fingerprint density at radius 1 is 1.26 bits per heavy atom. The molecule has 1 saturated carbocycles. The number of ether oxygens (including phenoxy) is 4. The van der Waals surface area contributed by atoms with Gasteiger partial charge in [-0.2, -0.15) is 0 Å². The predicted octanol–water partition coefficient (Wildman–Crippen LogP) is 0.155. The Balaban J connectivity index is 1.71. The Hall–Kier alpha value is -0.240. The van der Waals surface area contributed by atoms with Gasteiger partial charge in [-0.05, 0) is 12.8 Å². The molecule has 2 saturated heterocycles. The van der Waals surface area contributed by atoms with Crippen molar-refractivity contribution in [2.45, 2.75) is 68.6 Å². The lowest BCUT2D eigenvalue weighted by molar-refractivity contribution is -0.255. The van der Waals surface area contributed by atoms with Crippen molar-refractivity contribution in [1.29, 1.82) is 0 Å². The average molecular weight is 274 g/mol. The van der Waals surface area contributed by atoms with Crippen LogP contribution in [0.3, 0.4) is 0 Å². The second kappa shape index (κ2) is 5.27. The maximum Gasteiger partial charge on any atom is 0.190 e. The van der Waals surface area contributed by atoms with Crippen molar-refractivity contribution in [3.63, 3.8) is 0 Å². The highest BCUT2D eigenvalue weighted by atomic mass is 16.8. The third kappa shape index (κ3) is 2.30. The minimum absolute atomic E-state index is 0.325. The maximum absolute atomic E-state index is 9.75. The van der Waals surface area contributed by atoms with Gasteiger partial charge < -0.3 is 29.2 Å². The molecule has 5 atom stereocenters. The second-order valence-electron chi connectivity index (χ2n) is 5.59. The molecule has 0 aromatic heterocycles. The molecule has 2 aliphatic heterocycles. The van der Waals surface area contributed by atoms with Gasteiger partial charge in [0.15, 0.2) is 12.1 Å². The van der Waals surface area contributed by atoms with Gasteiger partial charge in [-0.25, -0.2) is 0 Å². The number of rotatable bonds is 3. The molecule has 0 amide bonds. The number of methoxy groups -OCH3 is 1. The third-order valence-corrected chi connectivity index (χ3v) is 4.34. The van der Waals surface area contributed by atoms with Crippen LogP contribution < -0.4 is 0 Å². The number of aliphatic hydroxyl groups is 2. The zero-order valence-electron chi connectivity index (χ0n) is 11.2. The van der Waals surface area contributed by atoms with E-state index < -0.39 is 30.4 Å². The van der Waals surface area contributed by atoms with Crippen LogP contribution in [0.1, 0.15) is 32.1 Å². The molecule has 6 heteroatoms. The first-order chi connectivity index (χ1) is 9.19. The molecule has 3 rings (SSSR count). The van der Waals surface area contributed by atoms with Gasteiger partial charge in [0.2, 0.25) is 0 Å². The number of hydrogen-bond donors (Lipinski definition) is 2. The molecule has 0 unspecified atom stereocenters. The zero-order chi connectivity index (χ0) is 13.5. The van der Waals surface area contributed by atoms with Gasteiger partial charge in [0.1, 0.15) is 24.4 Å². The normalized spacial score (nSPS) is 42.5. The molecule has 6 nitrogen and oxygen atoms in total. The average Bonchev–Trinajstić information content (AvgIpc) is 2.92. The van der Waals surface area contributed by atoms with Crippen molar-refractivity contribution in [2.75, 3.05) is 13.7 Å². The van der Waals surface area contributed by atoms with E-state index in [0.29, 0.717) is 0 Å². The molecule has 1 spiro atoms. The minimum atomic E-state index is -0.981. The summed E-state index contributed by atoms with van der Waals surface area (Å²) in [6, 6.07) is 0. The summed E-state index contributed by atoms with van der Waals surface area (Å²) >= 11 is 0. The Morgan fingerprint density at radius 2 is 2.00 bits per heavy atom. The van der Waals surface area contributed by atoms with Crippen molar-refractivity contribution in [2.24, 2.45) is 0 Å². The monoisotopic (exact) mass is 274 g/mol. The summed E-state index contributed by atoms with van der Waals surface area (Å²) in [5.74, 6) is -0.528. The van der Waals surface area contributed by atoms with E-state index in [4.69, 9.17) is 24.1 Å². The molecule has 0 radical (unpaired) electrons. The van der Waals surface area contributed by atoms with Crippen LogP contribution in [0.15, 0.2) is 0 Å². The molecule has 1 aliphatic carbocycles. The highest BCUT2D eigenvalue weighted by molar-refractivity contribution is 4.98. The van der Waals surface area contributed by atoms with E-state index in [9.17, 15) is 5.11 Å². The van der Waals surface area contributed by atoms with E-state index in [2.05, 4.69) is 0 Å². The summed E-state index contributed by atoms with van der Waals surface area (Å²) in [7, 11) is 1.56. The second-order valence-corrected chi connectivity index (χ2v) is 5.59. The van der Waals surface area contributed by atoms with Crippen LogP contribution in [0.2, 0.25) is 0 Å². The van der Waals surface area contributed by atoms with Crippen molar-refractivity contribution in [1.82, 2.24) is 0 Å². The molecule has 110 valence electrons. The van der Waals surface area contributed by atoms with Gasteiger partial charge in [0, 0.05) is 20.0 Å². The fourth-order valence-electron chi connectivity index (χ4n) is 3.36. The van der Waals surface area contributed by atoms with Gasteiger partial charge >= 0.3 is 0 Å². The van der Waals surface area contributed by atoms with E-state index in [1.807, 2.05) is 0 Å².